The largest absolute Gasteiger partial charge is 0.383 e. The zero-order valence-electron chi connectivity index (χ0n) is 8.41. The van der Waals surface area contributed by atoms with E-state index in [2.05, 4.69) is 30.9 Å². The lowest BCUT2D eigenvalue weighted by molar-refractivity contribution is 1.08. The zero-order chi connectivity index (χ0) is 11.7. The average Bonchev–Trinajstić information content (AvgIpc) is 2.26. The SMILES string of the molecule is Cc1nc(-c2ccc(Cl)cn2)nc(N)c1Br. The van der Waals surface area contributed by atoms with Crippen molar-refractivity contribution in [1.29, 1.82) is 0 Å². The molecule has 0 unspecified atom stereocenters. The average molecular weight is 300 g/mol. The number of hydrogen-bond acceptors (Lipinski definition) is 4. The number of rotatable bonds is 1. The van der Waals surface area contributed by atoms with Crippen molar-refractivity contribution < 1.29 is 0 Å². The number of aryl methyl sites for hydroxylation is 1. The minimum absolute atomic E-state index is 0.402. The molecular formula is C10H8BrClN4. The molecule has 2 N–H and O–H groups in total. The molecule has 0 amide bonds. The second-order valence-corrected chi connectivity index (χ2v) is 4.42. The van der Waals surface area contributed by atoms with E-state index in [9.17, 15) is 0 Å². The number of aromatic nitrogens is 3. The molecule has 0 fully saturated rings. The lowest BCUT2D eigenvalue weighted by Gasteiger charge is -2.05. The van der Waals surface area contributed by atoms with Gasteiger partial charge in [0.25, 0.3) is 0 Å². The van der Waals surface area contributed by atoms with Crippen molar-refractivity contribution in [2.24, 2.45) is 0 Å². The van der Waals surface area contributed by atoms with Crippen molar-refractivity contribution >= 4 is 33.3 Å². The second-order valence-electron chi connectivity index (χ2n) is 3.19. The fraction of sp³-hybridized carbons (Fsp3) is 0.100. The van der Waals surface area contributed by atoms with Crippen LogP contribution in [0.2, 0.25) is 5.02 Å². The molecule has 2 heterocycles. The first kappa shape index (κ1) is 11.3. The molecule has 0 saturated heterocycles. The maximum atomic E-state index is 5.75. The van der Waals surface area contributed by atoms with Crippen molar-refractivity contribution in [2.75, 3.05) is 5.73 Å². The normalized spacial score (nSPS) is 10.4. The molecule has 0 aliphatic carbocycles. The number of halogens is 2. The van der Waals surface area contributed by atoms with Crippen LogP contribution < -0.4 is 5.73 Å². The molecule has 0 radical (unpaired) electrons. The highest BCUT2D eigenvalue weighted by Crippen LogP contribution is 2.23. The second kappa shape index (κ2) is 4.35. The smallest absolute Gasteiger partial charge is 0.180 e. The predicted molar refractivity (Wildman–Crippen MR) is 67.1 cm³/mol. The summed E-state index contributed by atoms with van der Waals surface area (Å²) in [5.41, 5.74) is 7.16. The van der Waals surface area contributed by atoms with E-state index < -0.39 is 0 Å². The minimum atomic E-state index is 0.402. The van der Waals surface area contributed by atoms with Gasteiger partial charge in [-0.1, -0.05) is 11.6 Å². The zero-order valence-corrected chi connectivity index (χ0v) is 10.7. The molecule has 82 valence electrons. The fourth-order valence-corrected chi connectivity index (χ4v) is 1.49. The van der Waals surface area contributed by atoms with Crippen LogP contribution in [0, 0.1) is 6.92 Å². The maximum absolute atomic E-state index is 5.75. The monoisotopic (exact) mass is 298 g/mol. The molecule has 0 saturated carbocycles. The molecule has 0 atom stereocenters. The van der Waals surface area contributed by atoms with Gasteiger partial charge >= 0.3 is 0 Å². The number of anilines is 1. The molecule has 2 aromatic rings. The number of hydrogen-bond donors (Lipinski definition) is 1. The molecule has 6 heteroatoms. The Kier molecular flexibility index (Phi) is 3.07. The summed E-state index contributed by atoms with van der Waals surface area (Å²) >= 11 is 9.06. The van der Waals surface area contributed by atoms with Crippen LogP contribution in [-0.2, 0) is 0 Å². The summed E-state index contributed by atoms with van der Waals surface area (Å²) in [5, 5.41) is 0.575. The molecule has 2 aromatic heterocycles. The predicted octanol–water partition coefficient (Wildman–Crippen LogP) is 2.85. The summed E-state index contributed by atoms with van der Waals surface area (Å²) in [4.78, 5) is 12.6. The van der Waals surface area contributed by atoms with Crippen LogP contribution in [0.3, 0.4) is 0 Å². The van der Waals surface area contributed by atoms with Gasteiger partial charge in [-0.2, -0.15) is 0 Å². The summed E-state index contributed by atoms with van der Waals surface area (Å²) in [6.45, 7) is 1.85. The summed E-state index contributed by atoms with van der Waals surface area (Å²) in [6.07, 6.45) is 1.55. The number of nitrogen functional groups attached to an aromatic ring is 1. The molecule has 0 aliphatic rings. The summed E-state index contributed by atoms with van der Waals surface area (Å²) in [6, 6.07) is 3.49. The lowest BCUT2D eigenvalue weighted by Crippen LogP contribution is -2.00. The molecule has 4 nitrogen and oxygen atoms in total. The molecular weight excluding hydrogens is 291 g/mol. The van der Waals surface area contributed by atoms with Gasteiger partial charge < -0.3 is 5.73 Å². The fourth-order valence-electron chi connectivity index (χ4n) is 1.20. The highest BCUT2D eigenvalue weighted by atomic mass is 79.9. The van der Waals surface area contributed by atoms with E-state index in [0.29, 0.717) is 26.8 Å². The molecule has 16 heavy (non-hydrogen) atoms. The Hall–Kier alpha value is -1.20. The maximum Gasteiger partial charge on any atom is 0.180 e. The Labute approximate surface area is 106 Å². The summed E-state index contributed by atoms with van der Waals surface area (Å²) in [5.74, 6) is 0.897. The number of nitrogens with zero attached hydrogens (tertiary/aromatic N) is 3. The van der Waals surface area contributed by atoms with Crippen molar-refractivity contribution in [2.45, 2.75) is 6.92 Å². The highest BCUT2D eigenvalue weighted by molar-refractivity contribution is 9.10. The first-order valence-electron chi connectivity index (χ1n) is 4.49. The number of nitrogens with two attached hydrogens (primary N) is 1. The van der Waals surface area contributed by atoms with Gasteiger partial charge in [-0.05, 0) is 35.0 Å². The first-order chi connectivity index (χ1) is 7.58. The van der Waals surface area contributed by atoms with E-state index in [1.54, 1.807) is 18.3 Å². The van der Waals surface area contributed by atoms with E-state index in [4.69, 9.17) is 17.3 Å². The van der Waals surface area contributed by atoms with Crippen LogP contribution in [0.15, 0.2) is 22.8 Å². The van der Waals surface area contributed by atoms with Gasteiger partial charge in [0.05, 0.1) is 15.2 Å². The lowest BCUT2D eigenvalue weighted by atomic mass is 10.3. The van der Waals surface area contributed by atoms with Crippen molar-refractivity contribution in [1.82, 2.24) is 15.0 Å². The van der Waals surface area contributed by atoms with Crippen LogP contribution in [0.25, 0.3) is 11.5 Å². The van der Waals surface area contributed by atoms with Gasteiger partial charge in [-0.15, -0.1) is 0 Å². The van der Waals surface area contributed by atoms with Crippen molar-refractivity contribution in [3.05, 3.63) is 33.5 Å². The van der Waals surface area contributed by atoms with E-state index >= 15 is 0 Å². The Bertz CT molecular complexity index is 504. The minimum Gasteiger partial charge on any atom is -0.383 e. The van der Waals surface area contributed by atoms with E-state index in [1.807, 2.05) is 6.92 Å². The van der Waals surface area contributed by atoms with E-state index in [0.717, 1.165) is 5.69 Å². The molecule has 0 aromatic carbocycles. The Morgan fingerprint density at radius 1 is 1.31 bits per heavy atom. The van der Waals surface area contributed by atoms with Crippen LogP contribution in [0.5, 0.6) is 0 Å². The molecule has 0 bridgehead atoms. The third kappa shape index (κ3) is 2.15. The van der Waals surface area contributed by atoms with Gasteiger partial charge in [0.15, 0.2) is 5.82 Å². The van der Waals surface area contributed by atoms with Gasteiger partial charge in [0, 0.05) is 6.20 Å². The standard InChI is InChI=1S/C10H8BrClN4/c1-5-8(11)9(13)16-10(15-5)7-3-2-6(12)4-14-7/h2-4H,1H3,(H2,13,15,16). The molecule has 2 rings (SSSR count). The Balaban J connectivity index is 2.52. The topological polar surface area (TPSA) is 64.7 Å². The van der Waals surface area contributed by atoms with Crippen LogP contribution in [0.4, 0.5) is 5.82 Å². The quantitative estimate of drug-likeness (QED) is 0.879. The van der Waals surface area contributed by atoms with Crippen molar-refractivity contribution in [3.8, 4) is 11.5 Å². The van der Waals surface area contributed by atoms with E-state index in [-0.39, 0.29) is 0 Å². The third-order valence-electron chi connectivity index (χ3n) is 2.00. The highest BCUT2D eigenvalue weighted by Gasteiger charge is 2.09. The van der Waals surface area contributed by atoms with Gasteiger partial charge in [-0.3, -0.25) is 4.98 Å². The summed E-state index contributed by atoms with van der Waals surface area (Å²) in [7, 11) is 0. The Morgan fingerprint density at radius 2 is 2.06 bits per heavy atom. The van der Waals surface area contributed by atoms with Crippen molar-refractivity contribution in [3.63, 3.8) is 0 Å². The van der Waals surface area contributed by atoms with Crippen LogP contribution >= 0.6 is 27.5 Å². The third-order valence-corrected chi connectivity index (χ3v) is 3.20. The molecule has 0 spiro atoms. The van der Waals surface area contributed by atoms with Crippen LogP contribution in [-0.4, -0.2) is 15.0 Å². The van der Waals surface area contributed by atoms with E-state index in [1.165, 1.54) is 0 Å². The molecule has 0 aliphatic heterocycles. The van der Waals surface area contributed by atoms with Gasteiger partial charge in [-0.25, -0.2) is 9.97 Å². The Morgan fingerprint density at radius 3 is 2.62 bits per heavy atom. The van der Waals surface area contributed by atoms with Crippen LogP contribution in [0.1, 0.15) is 5.69 Å². The number of pyridine rings is 1. The van der Waals surface area contributed by atoms with Gasteiger partial charge in [0.2, 0.25) is 0 Å². The summed E-state index contributed by atoms with van der Waals surface area (Å²) < 4.78 is 0.713. The van der Waals surface area contributed by atoms with Gasteiger partial charge in [0.1, 0.15) is 11.5 Å². The first-order valence-corrected chi connectivity index (χ1v) is 5.66.